The molecule has 9 N–H and O–H groups in total. The largest absolute Gasteiger partial charge is 0.481 e. The second kappa shape index (κ2) is 14.8. The van der Waals surface area contributed by atoms with Gasteiger partial charge in [-0.25, -0.2) is 4.79 Å². The first-order valence-electron chi connectivity index (χ1n) is 11.1. The molecule has 0 bridgehead atoms. The van der Waals surface area contributed by atoms with Gasteiger partial charge < -0.3 is 42.3 Å². The van der Waals surface area contributed by atoms with E-state index in [0.29, 0.717) is 32.4 Å². The van der Waals surface area contributed by atoms with Crippen molar-refractivity contribution < 1.29 is 44.1 Å². The zero-order valence-corrected chi connectivity index (χ0v) is 18.7. The van der Waals surface area contributed by atoms with Gasteiger partial charge in [0, 0.05) is 6.42 Å². The van der Waals surface area contributed by atoms with E-state index in [4.69, 9.17) is 15.9 Å². The molecule has 1 heterocycles. The molecule has 1 aliphatic rings. The Morgan fingerprint density at radius 3 is 2.03 bits per heavy atom. The van der Waals surface area contributed by atoms with Gasteiger partial charge in [-0.3, -0.25) is 24.0 Å². The molecule has 1 saturated heterocycles. The summed E-state index contributed by atoms with van der Waals surface area (Å²) in [4.78, 5) is 71.5. The summed E-state index contributed by atoms with van der Waals surface area (Å²) in [5.74, 6) is -6.46. The Morgan fingerprint density at radius 1 is 0.853 bits per heavy atom. The number of aliphatic carboxylic acids is 3. The Hall–Kier alpha value is -3.26. The molecule has 34 heavy (non-hydrogen) atoms. The van der Waals surface area contributed by atoms with Crippen molar-refractivity contribution in [1.29, 1.82) is 0 Å². The van der Waals surface area contributed by atoms with Crippen LogP contribution >= 0.6 is 0 Å². The van der Waals surface area contributed by atoms with Crippen molar-refractivity contribution in [3.8, 4) is 0 Å². The number of nitrogens with one attached hydrogen (secondary N) is 4. The minimum Gasteiger partial charge on any atom is -0.481 e. The first-order valence-corrected chi connectivity index (χ1v) is 11.1. The Balaban J connectivity index is 2.92. The van der Waals surface area contributed by atoms with Crippen LogP contribution in [0.15, 0.2) is 0 Å². The van der Waals surface area contributed by atoms with Crippen LogP contribution in [0, 0.1) is 0 Å². The number of amides is 3. The van der Waals surface area contributed by atoms with Crippen LogP contribution in [0.1, 0.15) is 51.4 Å². The van der Waals surface area contributed by atoms with Crippen LogP contribution in [-0.4, -0.2) is 88.2 Å². The lowest BCUT2D eigenvalue weighted by atomic mass is 10.1. The Morgan fingerprint density at radius 2 is 1.50 bits per heavy atom. The maximum Gasteiger partial charge on any atom is 0.326 e. The summed E-state index contributed by atoms with van der Waals surface area (Å²) >= 11 is 0. The third-order valence-electron chi connectivity index (χ3n) is 5.23. The van der Waals surface area contributed by atoms with Crippen LogP contribution in [0.2, 0.25) is 0 Å². The normalized spacial score (nSPS) is 17.7. The van der Waals surface area contributed by atoms with E-state index in [1.807, 2.05) is 0 Å². The number of carbonyl (C=O) groups is 6. The Bertz CT molecular complexity index is 755. The van der Waals surface area contributed by atoms with E-state index >= 15 is 0 Å². The van der Waals surface area contributed by atoms with Gasteiger partial charge in [-0.1, -0.05) is 0 Å². The van der Waals surface area contributed by atoms with Gasteiger partial charge in [0.2, 0.25) is 17.7 Å². The first-order chi connectivity index (χ1) is 16.0. The highest BCUT2D eigenvalue weighted by Crippen LogP contribution is 2.08. The lowest BCUT2D eigenvalue weighted by Gasteiger charge is -2.24. The number of hydrogen-bond acceptors (Lipinski definition) is 8. The molecule has 4 unspecified atom stereocenters. The fraction of sp³-hybridized carbons (Fsp3) is 0.700. The summed E-state index contributed by atoms with van der Waals surface area (Å²) in [6, 6.07) is -4.85. The highest BCUT2D eigenvalue weighted by molar-refractivity contribution is 5.95. The third kappa shape index (κ3) is 10.6. The van der Waals surface area contributed by atoms with Gasteiger partial charge in [0.15, 0.2) is 0 Å². The molecule has 4 atom stereocenters. The standard InChI is InChI=1S/C20H33N5O9/c21-8-2-1-4-13(20(33)34)24-18(31)12(6-7-15(26)27)23-19(32)14(10-16(28)29)25-17(30)11-5-3-9-22-11/h11-14,22H,1-10,21H2,(H,23,32)(H,24,31)(H,25,30)(H,26,27)(H,28,29)(H,33,34). The zero-order chi connectivity index (χ0) is 25.7. The number of carbonyl (C=O) groups excluding carboxylic acids is 3. The molecule has 14 nitrogen and oxygen atoms in total. The minimum absolute atomic E-state index is 0.0734. The molecule has 192 valence electrons. The molecule has 0 saturated carbocycles. The number of rotatable bonds is 16. The average Bonchev–Trinajstić information content (AvgIpc) is 3.29. The molecule has 0 aliphatic carbocycles. The quantitative estimate of drug-likeness (QED) is 0.108. The first kappa shape index (κ1) is 28.8. The van der Waals surface area contributed by atoms with Crippen molar-refractivity contribution in [2.24, 2.45) is 5.73 Å². The summed E-state index contributed by atoms with van der Waals surface area (Å²) in [6.45, 7) is 0.936. The van der Waals surface area contributed by atoms with Crippen LogP contribution in [0.25, 0.3) is 0 Å². The van der Waals surface area contributed by atoms with Crippen LogP contribution in [-0.2, 0) is 28.8 Å². The van der Waals surface area contributed by atoms with Crippen LogP contribution in [0.3, 0.4) is 0 Å². The molecule has 0 aromatic heterocycles. The highest BCUT2D eigenvalue weighted by atomic mass is 16.4. The molecule has 14 heteroatoms. The van der Waals surface area contributed by atoms with Crippen molar-refractivity contribution in [3.05, 3.63) is 0 Å². The maximum atomic E-state index is 12.8. The summed E-state index contributed by atoms with van der Waals surface area (Å²) < 4.78 is 0. The van der Waals surface area contributed by atoms with Gasteiger partial charge in [-0.2, -0.15) is 0 Å². The van der Waals surface area contributed by atoms with E-state index < -0.39 is 72.6 Å². The van der Waals surface area contributed by atoms with Gasteiger partial charge in [0.25, 0.3) is 0 Å². The molecule has 0 spiro atoms. The molecular weight excluding hydrogens is 454 g/mol. The predicted octanol–water partition coefficient (Wildman–Crippen LogP) is -2.25. The third-order valence-corrected chi connectivity index (χ3v) is 5.23. The lowest BCUT2D eigenvalue weighted by Crippen LogP contribution is -2.57. The summed E-state index contributed by atoms with van der Waals surface area (Å²) in [6.07, 6.45) is 0.607. The maximum absolute atomic E-state index is 12.8. The lowest BCUT2D eigenvalue weighted by molar-refractivity contribution is -0.144. The van der Waals surface area contributed by atoms with E-state index in [2.05, 4.69) is 21.3 Å². The van der Waals surface area contributed by atoms with Gasteiger partial charge in [-0.15, -0.1) is 0 Å². The Kier molecular flexibility index (Phi) is 12.5. The number of unbranched alkanes of at least 4 members (excludes halogenated alkanes) is 1. The molecule has 1 rings (SSSR count). The van der Waals surface area contributed by atoms with Crippen LogP contribution in [0.5, 0.6) is 0 Å². The van der Waals surface area contributed by atoms with Gasteiger partial charge in [0.1, 0.15) is 18.1 Å². The molecule has 1 aliphatic heterocycles. The zero-order valence-electron chi connectivity index (χ0n) is 18.7. The van der Waals surface area contributed by atoms with Gasteiger partial charge >= 0.3 is 17.9 Å². The summed E-state index contributed by atoms with van der Waals surface area (Å²) in [7, 11) is 0. The number of hydrogen-bond donors (Lipinski definition) is 8. The van der Waals surface area contributed by atoms with Crippen molar-refractivity contribution in [1.82, 2.24) is 21.3 Å². The van der Waals surface area contributed by atoms with E-state index in [-0.39, 0.29) is 12.8 Å². The second-order valence-corrected chi connectivity index (χ2v) is 7.99. The Labute approximate surface area is 196 Å². The van der Waals surface area contributed by atoms with E-state index in [1.54, 1.807) is 0 Å². The van der Waals surface area contributed by atoms with Gasteiger partial charge in [-0.05, 0) is 51.6 Å². The number of nitrogens with two attached hydrogens (primary N) is 1. The molecule has 0 radical (unpaired) electrons. The number of carboxylic acid groups (broad SMARTS) is 3. The second-order valence-electron chi connectivity index (χ2n) is 7.99. The fourth-order valence-electron chi connectivity index (χ4n) is 3.40. The van der Waals surface area contributed by atoms with E-state index in [0.717, 1.165) is 6.42 Å². The SMILES string of the molecule is NCCCCC(NC(=O)C(CCC(=O)O)NC(=O)C(CC(=O)O)NC(=O)C1CCCN1)C(=O)O. The van der Waals surface area contributed by atoms with Crippen LogP contribution < -0.4 is 27.0 Å². The monoisotopic (exact) mass is 487 g/mol. The molecular formula is C20H33N5O9. The number of carboxylic acids is 3. The van der Waals surface area contributed by atoms with Crippen LogP contribution in [0.4, 0.5) is 0 Å². The van der Waals surface area contributed by atoms with Crippen molar-refractivity contribution in [2.45, 2.75) is 75.5 Å². The van der Waals surface area contributed by atoms with Crippen molar-refractivity contribution >= 4 is 35.6 Å². The smallest absolute Gasteiger partial charge is 0.326 e. The van der Waals surface area contributed by atoms with Gasteiger partial charge in [0.05, 0.1) is 12.5 Å². The molecule has 0 aromatic carbocycles. The molecule has 3 amide bonds. The van der Waals surface area contributed by atoms with Crippen molar-refractivity contribution in [2.75, 3.05) is 13.1 Å². The van der Waals surface area contributed by atoms with E-state index in [1.165, 1.54) is 0 Å². The topological polar surface area (TPSA) is 237 Å². The minimum atomic E-state index is -1.52. The predicted molar refractivity (Wildman–Crippen MR) is 116 cm³/mol. The summed E-state index contributed by atoms with van der Waals surface area (Å²) in [5.41, 5.74) is 5.39. The average molecular weight is 488 g/mol. The summed E-state index contributed by atoms with van der Waals surface area (Å²) in [5, 5.41) is 37.2. The van der Waals surface area contributed by atoms with Crippen molar-refractivity contribution in [3.63, 3.8) is 0 Å². The fourth-order valence-corrected chi connectivity index (χ4v) is 3.40. The highest BCUT2D eigenvalue weighted by Gasteiger charge is 2.32. The van der Waals surface area contributed by atoms with E-state index in [9.17, 15) is 33.9 Å². The molecule has 1 fully saturated rings. The molecule has 0 aromatic rings.